The second-order valence-electron chi connectivity index (χ2n) is 2.09. The van der Waals surface area contributed by atoms with Crippen molar-refractivity contribution in [1.29, 1.82) is 0 Å². The highest BCUT2D eigenvalue weighted by atomic mass is 79.9. The monoisotopic (exact) mass is 244 g/mol. The van der Waals surface area contributed by atoms with Gasteiger partial charge in [0.2, 0.25) is 0 Å². The minimum atomic E-state index is 0.409. The lowest BCUT2D eigenvalue weighted by atomic mass is 10.2. The Bertz CT molecular complexity index is 336. The van der Waals surface area contributed by atoms with Gasteiger partial charge in [-0.15, -0.1) is 0 Å². The lowest BCUT2D eigenvalue weighted by molar-refractivity contribution is 1.26. The number of rotatable bonds is 2. The normalized spacial score (nSPS) is 9.50. The van der Waals surface area contributed by atoms with Crippen LogP contribution in [0.5, 0.6) is 0 Å². The molecule has 0 unspecified atom stereocenters. The van der Waals surface area contributed by atoms with E-state index in [1.165, 1.54) is 0 Å². The third kappa shape index (κ3) is 1.93. The number of hydrogen-bond donors (Lipinski definition) is 0. The molecule has 4 heteroatoms. The first-order valence-corrected chi connectivity index (χ1v) is 4.29. The summed E-state index contributed by atoms with van der Waals surface area (Å²) < 4.78 is 0.840. The maximum Gasteiger partial charge on any atom is 0.160 e. The molecule has 1 aromatic heterocycles. The molecule has 0 saturated heterocycles. The molecule has 0 radical (unpaired) electrons. The van der Waals surface area contributed by atoms with E-state index in [1.807, 2.05) is 0 Å². The number of nitrogens with zero attached hydrogens (tertiary/aromatic N) is 2. The predicted octanol–water partition coefficient (Wildman–Crippen LogP) is 3.39. The number of aromatic nitrogens is 1. The molecule has 0 amide bonds. The zero-order chi connectivity index (χ0) is 9.14. The van der Waals surface area contributed by atoms with Gasteiger partial charge in [-0.25, -0.2) is 9.98 Å². The molecule has 1 rings (SSSR count). The summed E-state index contributed by atoms with van der Waals surface area (Å²) in [7, 11) is 0. The van der Waals surface area contributed by atoms with E-state index in [1.54, 1.807) is 12.3 Å². The van der Waals surface area contributed by atoms with Crippen LogP contribution in [0.25, 0.3) is 5.03 Å². The van der Waals surface area contributed by atoms with Crippen molar-refractivity contribution >= 4 is 45.1 Å². The van der Waals surface area contributed by atoms with Gasteiger partial charge in [0.05, 0.1) is 0 Å². The molecule has 0 aliphatic heterocycles. The van der Waals surface area contributed by atoms with Gasteiger partial charge in [0.15, 0.2) is 5.82 Å². The van der Waals surface area contributed by atoms with E-state index in [-0.39, 0.29) is 0 Å². The molecule has 1 heterocycles. The number of hydrogen-bond acceptors (Lipinski definition) is 2. The van der Waals surface area contributed by atoms with E-state index in [2.05, 4.69) is 39.2 Å². The van der Waals surface area contributed by atoms with Gasteiger partial charge in [-0.3, -0.25) is 0 Å². The molecule has 0 spiro atoms. The summed E-state index contributed by atoms with van der Waals surface area (Å²) in [6.45, 7) is 6.97. The Balaban J connectivity index is 3.30. The summed E-state index contributed by atoms with van der Waals surface area (Å²) in [6, 6.07) is 1.80. The summed E-state index contributed by atoms with van der Waals surface area (Å²) in [6.07, 6.45) is 1.63. The molecule has 0 saturated carbocycles. The Kier molecular flexibility index (Phi) is 3.00. The largest absolute Gasteiger partial charge is 0.245 e. The summed E-state index contributed by atoms with van der Waals surface area (Å²) in [5.41, 5.74) is 0.695. The molecule has 0 N–H and O–H groups in total. The van der Waals surface area contributed by atoms with Gasteiger partial charge in [-0.05, 0) is 28.7 Å². The highest BCUT2D eigenvalue weighted by Gasteiger charge is 2.04. The first-order chi connectivity index (χ1) is 5.65. The minimum absolute atomic E-state index is 0.409. The van der Waals surface area contributed by atoms with Crippen LogP contribution in [0.2, 0.25) is 0 Å². The van der Waals surface area contributed by atoms with Crippen LogP contribution >= 0.6 is 27.5 Å². The molecular weight excluding hydrogens is 239 g/mol. The maximum atomic E-state index is 5.72. The van der Waals surface area contributed by atoms with Gasteiger partial charge >= 0.3 is 0 Å². The SMILES string of the molecule is C=Nc1ncc(Br)cc1C(=C)Cl. The van der Waals surface area contributed by atoms with E-state index >= 15 is 0 Å². The van der Waals surface area contributed by atoms with Gasteiger partial charge in [0.25, 0.3) is 0 Å². The number of halogens is 2. The average Bonchev–Trinajstić information content (AvgIpc) is 2.04. The third-order valence-corrected chi connectivity index (χ3v) is 1.91. The highest BCUT2D eigenvalue weighted by Crippen LogP contribution is 2.27. The first kappa shape index (κ1) is 9.42. The summed E-state index contributed by atoms with van der Waals surface area (Å²) in [5, 5.41) is 0.409. The molecule has 62 valence electrons. The van der Waals surface area contributed by atoms with Gasteiger partial charge in [-0.1, -0.05) is 18.2 Å². The standard InChI is InChI=1S/C8H6BrClN2/c1-5(10)7-3-6(9)4-12-8(7)11-2/h3-4H,1-2H2. The first-order valence-electron chi connectivity index (χ1n) is 3.12. The molecule has 12 heavy (non-hydrogen) atoms. The topological polar surface area (TPSA) is 25.2 Å². The molecule has 0 atom stereocenters. The summed E-state index contributed by atoms with van der Waals surface area (Å²) >= 11 is 8.99. The number of pyridine rings is 1. The fourth-order valence-electron chi connectivity index (χ4n) is 0.758. The van der Waals surface area contributed by atoms with E-state index in [0.717, 1.165) is 4.47 Å². The van der Waals surface area contributed by atoms with Crippen LogP contribution in [0.3, 0.4) is 0 Å². The fourth-order valence-corrected chi connectivity index (χ4v) is 1.23. The molecule has 0 aromatic carbocycles. The average molecular weight is 246 g/mol. The van der Waals surface area contributed by atoms with Gasteiger partial charge < -0.3 is 0 Å². The van der Waals surface area contributed by atoms with Crippen LogP contribution in [0.4, 0.5) is 5.82 Å². The van der Waals surface area contributed by atoms with Gasteiger partial charge in [0.1, 0.15) is 0 Å². The lowest BCUT2D eigenvalue weighted by Gasteiger charge is -2.01. The van der Waals surface area contributed by atoms with E-state index in [9.17, 15) is 0 Å². The van der Waals surface area contributed by atoms with Crippen LogP contribution < -0.4 is 0 Å². The van der Waals surface area contributed by atoms with Crippen LogP contribution in [0, 0.1) is 0 Å². The zero-order valence-electron chi connectivity index (χ0n) is 6.22. The highest BCUT2D eigenvalue weighted by molar-refractivity contribution is 9.10. The lowest BCUT2D eigenvalue weighted by Crippen LogP contribution is -1.82. The van der Waals surface area contributed by atoms with Crippen LogP contribution in [0.1, 0.15) is 5.56 Å². The van der Waals surface area contributed by atoms with Gasteiger partial charge in [-0.2, -0.15) is 0 Å². The minimum Gasteiger partial charge on any atom is -0.245 e. The molecule has 0 aliphatic rings. The molecule has 0 aliphatic carbocycles. The fraction of sp³-hybridized carbons (Fsp3) is 0. The Labute approximate surface area is 84.1 Å². The van der Waals surface area contributed by atoms with Crippen LogP contribution in [-0.2, 0) is 0 Å². The van der Waals surface area contributed by atoms with Crippen molar-refractivity contribution in [3.63, 3.8) is 0 Å². The van der Waals surface area contributed by atoms with Crippen molar-refractivity contribution in [1.82, 2.24) is 4.98 Å². The zero-order valence-corrected chi connectivity index (χ0v) is 8.56. The quantitative estimate of drug-likeness (QED) is 0.733. The molecule has 0 bridgehead atoms. The Morgan fingerprint density at radius 3 is 2.83 bits per heavy atom. The summed E-state index contributed by atoms with van der Waals surface area (Å²) in [4.78, 5) is 7.70. The smallest absolute Gasteiger partial charge is 0.160 e. The molecule has 2 nitrogen and oxygen atoms in total. The molecular formula is C8H6BrClN2. The predicted molar refractivity (Wildman–Crippen MR) is 56.0 cm³/mol. The van der Waals surface area contributed by atoms with E-state index in [4.69, 9.17) is 11.6 Å². The number of aliphatic imine (C=N–C) groups is 1. The maximum absolute atomic E-state index is 5.72. The van der Waals surface area contributed by atoms with Crippen molar-refractivity contribution < 1.29 is 0 Å². The van der Waals surface area contributed by atoms with E-state index in [0.29, 0.717) is 16.4 Å². The van der Waals surface area contributed by atoms with Crippen LogP contribution in [-0.4, -0.2) is 11.7 Å². The second-order valence-corrected chi connectivity index (χ2v) is 3.46. The third-order valence-electron chi connectivity index (χ3n) is 1.28. The van der Waals surface area contributed by atoms with Crippen molar-refractivity contribution in [2.24, 2.45) is 4.99 Å². The van der Waals surface area contributed by atoms with Crippen molar-refractivity contribution in [2.75, 3.05) is 0 Å². The Morgan fingerprint density at radius 2 is 2.33 bits per heavy atom. The van der Waals surface area contributed by atoms with Crippen molar-refractivity contribution in [3.05, 3.63) is 28.9 Å². The second kappa shape index (κ2) is 3.83. The molecule has 0 fully saturated rings. The van der Waals surface area contributed by atoms with Gasteiger partial charge in [0, 0.05) is 21.3 Å². The summed E-state index contributed by atoms with van der Waals surface area (Å²) in [5.74, 6) is 0.498. The van der Waals surface area contributed by atoms with Crippen molar-refractivity contribution in [3.8, 4) is 0 Å². The van der Waals surface area contributed by atoms with Crippen molar-refractivity contribution in [2.45, 2.75) is 0 Å². The Hall–Kier alpha value is -0.670. The van der Waals surface area contributed by atoms with E-state index < -0.39 is 0 Å². The van der Waals surface area contributed by atoms with Crippen LogP contribution in [0.15, 0.2) is 28.3 Å². The molecule has 1 aromatic rings. The Morgan fingerprint density at radius 1 is 1.67 bits per heavy atom.